The van der Waals surface area contributed by atoms with Crippen LogP contribution in [0.4, 0.5) is 0 Å². The number of hydrogen-bond donors (Lipinski definition) is 4. The highest BCUT2D eigenvalue weighted by Crippen LogP contribution is 2.27. The van der Waals surface area contributed by atoms with Crippen molar-refractivity contribution in [2.45, 2.75) is 100 Å². The smallest absolute Gasteiger partial charge is 0.226 e. The van der Waals surface area contributed by atoms with Gasteiger partial charge in [0.25, 0.3) is 0 Å². The third-order valence-electron chi connectivity index (χ3n) is 5.25. The van der Waals surface area contributed by atoms with E-state index in [2.05, 4.69) is 40.1 Å². The van der Waals surface area contributed by atoms with Crippen molar-refractivity contribution in [3.8, 4) is 0 Å². The Balaban J connectivity index is -0.000000259. The summed E-state index contributed by atoms with van der Waals surface area (Å²) >= 11 is 4.97. The first-order valence-corrected chi connectivity index (χ1v) is 13.7. The van der Waals surface area contributed by atoms with E-state index in [-0.39, 0.29) is 43.5 Å². The van der Waals surface area contributed by atoms with Gasteiger partial charge in [0, 0.05) is 31.0 Å². The summed E-state index contributed by atoms with van der Waals surface area (Å²) in [4.78, 5) is 38.3. The van der Waals surface area contributed by atoms with E-state index in [1.54, 1.807) is 13.8 Å². The van der Waals surface area contributed by atoms with Crippen molar-refractivity contribution >= 4 is 34.8 Å². The molecule has 0 saturated carbocycles. The van der Waals surface area contributed by atoms with Crippen LogP contribution in [0, 0.1) is 11.3 Å². The Kier molecular flexibility index (Phi) is 29.9. The van der Waals surface area contributed by atoms with Gasteiger partial charge in [0.15, 0.2) is 0 Å². The van der Waals surface area contributed by atoms with E-state index in [0.29, 0.717) is 12.8 Å². The summed E-state index contributed by atoms with van der Waals surface area (Å²) in [6.07, 6.45) is 6.13. The van der Waals surface area contributed by atoms with Crippen molar-refractivity contribution in [3.63, 3.8) is 0 Å². The molecule has 1 aliphatic heterocycles. The Labute approximate surface area is 234 Å². The van der Waals surface area contributed by atoms with E-state index < -0.39 is 5.41 Å². The predicted octanol–water partition coefficient (Wildman–Crippen LogP) is 4.18. The fraction of sp³-hybridized carbons (Fsp3) is 0.857. The van der Waals surface area contributed by atoms with Crippen molar-refractivity contribution in [1.29, 1.82) is 0 Å². The molecule has 1 rings (SSSR count). The fourth-order valence-electron chi connectivity index (χ4n) is 3.11. The lowest BCUT2D eigenvalue weighted by Gasteiger charge is -2.28. The predicted molar refractivity (Wildman–Crippen MR) is 164 cm³/mol. The van der Waals surface area contributed by atoms with E-state index in [1.165, 1.54) is 32.7 Å². The zero-order chi connectivity index (χ0) is 28.7. The molecule has 1 aliphatic rings. The van der Waals surface area contributed by atoms with Crippen LogP contribution in [0.2, 0.25) is 0 Å². The molecule has 1 unspecified atom stereocenters. The normalized spacial score (nSPS) is 13.0. The minimum absolute atomic E-state index is 0. The Morgan fingerprint density at radius 3 is 1.92 bits per heavy atom. The molecular formula is C28H61N5O3S. The summed E-state index contributed by atoms with van der Waals surface area (Å²) in [5.74, 6) is -0.493. The SMILES string of the molecule is C.CCC(CC(C)(C)C(=O)NCC(C)=O)C(=O)NC(C)C.CCCCNC.CN1CCCC1=S.CNC. The largest absolute Gasteiger partial charge is 0.369 e. The van der Waals surface area contributed by atoms with Crippen LogP contribution < -0.4 is 21.3 Å². The topological polar surface area (TPSA) is 103 Å². The van der Waals surface area contributed by atoms with Gasteiger partial charge < -0.3 is 26.2 Å². The summed E-state index contributed by atoms with van der Waals surface area (Å²) in [5.41, 5.74) is -0.676. The second-order valence-corrected chi connectivity index (χ2v) is 10.6. The first-order valence-electron chi connectivity index (χ1n) is 13.3. The maximum atomic E-state index is 12.1. The molecule has 0 aromatic heterocycles. The highest BCUT2D eigenvalue weighted by Gasteiger charge is 2.33. The molecule has 1 atom stereocenters. The van der Waals surface area contributed by atoms with Crippen LogP contribution in [-0.4, -0.2) is 81.4 Å². The van der Waals surface area contributed by atoms with E-state index >= 15 is 0 Å². The third-order valence-corrected chi connectivity index (χ3v) is 5.77. The zero-order valence-corrected chi connectivity index (χ0v) is 25.9. The van der Waals surface area contributed by atoms with Gasteiger partial charge in [-0.2, -0.15) is 0 Å². The monoisotopic (exact) mass is 547 g/mol. The van der Waals surface area contributed by atoms with Gasteiger partial charge >= 0.3 is 0 Å². The first kappa shape index (κ1) is 42.5. The molecule has 0 spiro atoms. The van der Waals surface area contributed by atoms with Gasteiger partial charge in [0.1, 0.15) is 5.78 Å². The first-order chi connectivity index (χ1) is 16.7. The average Bonchev–Trinajstić information content (AvgIpc) is 3.17. The van der Waals surface area contributed by atoms with Gasteiger partial charge in [0.05, 0.1) is 11.5 Å². The summed E-state index contributed by atoms with van der Waals surface area (Å²) < 4.78 is 0. The molecule has 2 amide bonds. The maximum absolute atomic E-state index is 12.1. The molecule has 1 saturated heterocycles. The van der Waals surface area contributed by atoms with E-state index in [4.69, 9.17) is 12.2 Å². The number of unbranched alkanes of at least 4 members (excludes halogenated alkanes) is 1. The number of ketones is 1. The number of amides is 2. The Bertz CT molecular complexity index is 609. The molecule has 0 aromatic carbocycles. The molecule has 1 heterocycles. The lowest BCUT2D eigenvalue weighted by molar-refractivity contribution is -0.134. The van der Waals surface area contributed by atoms with Crippen molar-refractivity contribution in [2.75, 3.05) is 47.8 Å². The minimum Gasteiger partial charge on any atom is -0.369 e. The van der Waals surface area contributed by atoms with Crippen molar-refractivity contribution in [1.82, 2.24) is 26.2 Å². The van der Waals surface area contributed by atoms with Gasteiger partial charge in [-0.1, -0.05) is 53.8 Å². The summed E-state index contributed by atoms with van der Waals surface area (Å²) in [6, 6.07) is 0.0891. The highest BCUT2D eigenvalue weighted by atomic mass is 32.1. The Hall–Kier alpha value is -1.58. The molecule has 0 bridgehead atoms. The number of carbonyl (C=O) groups excluding carboxylic acids is 3. The lowest BCUT2D eigenvalue weighted by atomic mass is 9.80. The van der Waals surface area contributed by atoms with Crippen LogP contribution in [0.25, 0.3) is 0 Å². The summed E-state index contributed by atoms with van der Waals surface area (Å²) in [5, 5.41) is 11.3. The number of hydrogen-bond acceptors (Lipinski definition) is 6. The van der Waals surface area contributed by atoms with Crippen LogP contribution in [-0.2, 0) is 14.4 Å². The molecule has 4 N–H and O–H groups in total. The molecule has 37 heavy (non-hydrogen) atoms. The number of Topliss-reactive ketones (excluding diaryl/α,β-unsaturated/α-hetero) is 1. The van der Waals surface area contributed by atoms with Crippen LogP contribution in [0.15, 0.2) is 0 Å². The number of thiocarbonyl (C=S) groups is 1. The fourth-order valence-corrected chi connectivity index (χ4v) is 3.35. The van der Waals surface area contributed by atoms with Gasteiger partial charge in [-0.15, -0.1) is 0 Å². The number of nitrogens with one attached hydrogen (secondary N) is 4. The molecule has 0 radical (unpaired) electrons. The lowest BCUT2D eigenvalue weighted by Crippen LogP contribution is -2.43. The van der Waals surface area contributed by atoms with Gasteiger partial charge in [-0.3, -0.25) is 14.4 Å². The van der Waals surface area contributed by atoms with Crippen molar-refractivity contribution in [3.05, 3.63) is 0 Å². The van der Waals surface area contributed by atoms with Crippen LogP contribution in [0.3, 0.4) is 0 Å². The van der Waals surface area contributed by atoms with E-state index in [1.807, 2.05) is 41.9 Å². The number of carbonyl (C=O) groups is 3. The van der Waals surface area contributed by atoms with Crippen LogP contribution in [0.1, 0.15) is 94.4 Å². The standard InChI is InChI=1S/C15H28N2O3.C5H9NS.C5H13N.C2H7N.CH4/c1-7-12(13(19)17-10(2)3)8-15(5,6)14(20)16-9-11(4)18;1-6-4-2-3-5(6)7;1-3-4-5-6-2;1-3-2;/h10,12H,7-9H2,1-6H3,(H,16,20)(H,17,19);2-4H2,1H3;6H,3-5H2,1-2H3;3H,1-2H3;1H4. The van der Waals surface area contributed by atoms with E-state index in [9.17, 15) is 14.4 Å². The van der Waals surface area contributed by atoms with Gasteiger partial charge in [-0.25, -0.2) is 0 Å². The molecule has 1 fully saturated rings. The molecule has 8 nitrogen and oxygen atoms in total. The minimum atomic E-state index is -0.676. The highest BCUT2D eigenvalue weighted by molar-refractivity contribution is 7.80. The molecular weight excluding hydrogens is 486 g/mol. The third kappa shape index (κ3) is 25.8. The van der Waals surface area contributed by atoms with Crippen LogP contribution in [0.5, 0.6) is 0 Å². The maximum Gasteiger partial charge on any atom is 0.226 e. The second kappa shape index (κ2) is 26.0. The Morgan fingerprint density at radius 1 is 1.11 bits per heavy atom. The zero-order valence-electron chi connectivity index (χ0n) is 25.1. The molecule has 0 aromatic rings. The van der Waals surface area contributed by atoms with Crippen LogP contribution >= 0.6 is 12.2 Å². The van der Waals surface area contributed by atoms with Crippen molar-refractivity contribution in [2.24, 2.45) is 11.3 Å². The molecule has 9 heteroatoms. The van der Waals surface area contributed by atoms with E-state index in [0.717, 1.165) is 18.0 Å². The molecule has 0 aliphatic carbocycles. The van der Waals surface area contributed by atoms with Crippen molar-refractivity contribution < 1.29 is 14.4 Å². The number of nitrogens with zero attached hydrogens (tertiary/aromatic N) is 1. The number of likely N-dealkylation sites (tertiary alicyclic amines) is 1. The quantitative estimate of drug-likeness (QED) is 0.227. The molecule has 222 valence electrons. The summed E-state index contributed by atoms with van der Waals surface area (Å²) in [6.45, 7) is 15.3. The van der Waals surface area contributed by atoms with Gasteiger partial charge in [0.2, 0.25) is 11.8 Å². The van der Waals surface area contributed by atoms with Gasteiger partial charge in [-0.05, 0) is 80.6 Å². The Morgan fingerprint density at radius 2 is 1.65 bits per heavy atom. The number of rotatable bonds is 11. The second-order valence-electron chi connectivity index (χ2n) is 10.1. The average molecular weight is 548 g/mol. The summed E-state index contributed by atoms with van der Waals surface area (Å²) in [7, 11) is 7.78.